The monoisotopic (exact) mass is 554 g/mol. The van der Waals surface area contributed by atoms with Gasteiger partial charge in [-0.25, -0.2) is 8.42 Å². The fourth-order valence-corrected chi connectivity index (χ4v) is 5.55. The number of sulfone groups is 1. The molecule has 1 saturated heterocycles. The van der Waals surface area contributed by atoms with Gasteiger partial charge in [0, 0.05) is 43.0 Å². The van der Waals surface area contributed by atoms with Gasteiger partial charge in [-0.3, -0.25) is 4.98 Å². The van der Waals surface area contributed by atoms with Crippen molar-refractivity contribution in [2.24, 2.45) is 10.9 Å². The Hall–Kier alpha value is -4.56. The Morgan fingerprint density at radius 3 is 2.52 bits per heavy atom. The van der Waals surface area contributed by atoms with Gasteiger partial charge in [-0.05, 0) is 54.4 Å². The molecule has 1 aliphatic heterocycles. The Morgan fingerprint density at radius 1 is 1.05 bits per heavy atom. The third-order valence-corrected chi connectivity index (χ3v) is 8.19. The molecule has 40 heavy (non-hydrogen) atoms. The summed E-state index contributed by atoms with van der Waals surface area (Å²) in [6.45, 7) is 6.29. The third kappa shape index (κ3) is 5.72. The van der Waals surface area contributed by atoms with Crippen LogP contribution < -0.4 is 10.2 Å². The lowest BCUT2D eigenvalue weighted by Crippen LogP contribution is -2.58. The highest BCUT2D eigenvalue weighted by atomic mass is 32.2. The first-order valence-corrected chi connectivity index (χ1v) is 14.9. The van der Waals surface area contributed by atoms with E-state index in [-0.39, 0.29) is 16.9 Å². The van der Waals surface area contributed by atoms with Crippen molar-refractivity contribution in [1.29, 1.82) is 5.26 Å². The van der Waals surface area contributed by atoms with Gasteiger partial charge in [0.15, 0.2) is 15.7 Å². The van der Waals surface area contributed by atoms with Gasteiger partial charge in [0.2, 0.25) is 12.2 Å². The molecule has 10 nitrogen and oxygen atoms in total. The molecule has 0 unspecified atom stereocenters. The highest BCUT2D eigenvalue weighted by Crippen LogP contribution is 2.26. The van der Waals surface area contributed by atoms with E-state index in [1.54, 1.807) is 30.5 Å². The van der Waals surface area contributed by atoms with E-state index in [4.69, 9.17) is 0 Å². The number of anilines is 2. The lowest BCUT2D eigenvalue weighted by molar-refractivity contribution is 0.224. The predicted octanol–water partition coefficient (Wildman–Crippen LogP) is 4.19. The van der Waals surface area contributed by atoms with Crippen LogP contribution in [0.25, 0.3) is 22.2 Å². The van der Waals surface area contributed by atoms with Crippen molar-refractivity contribution >= 4 is 38.2 Å². The van der Waals surface area contributed by atoms with E-state index < -0.39 is 9.84 Å². The number of nitriles is 1. The minimum atomic E-state index is -3.26. The number of benzene rings is 2. The summed E-state index contributed by atoms with van der Waals surface area (Å²) in [6, 6.07) is 20.3. The molecule has 1 atom stereocenters. The summed E-state index contributed by atoms with van der Waals surface area (Å²) in [5.74, 6) is 1.54. The van der Waals surface area contributed by atoms with Crippen LogP contribution in [0.4, 0.5) is 11.5 Å². The van der Waals surface area contributed by atoms with E-state index in [0.29, 0.717) is 31.3 Å². The van der Waals surface area contributed by atoms with Crippen molar-refractivity contribution in [1.82, 2.24) is 20.1 Å². The van der Waals surface area contributed by atoms with Crippen molar-refractivity contribution < 1.29 is 8.42 Å². The number of hydrogen-bond donors (Lipinski definition) is 1. The standard InChI is InChI=1S/C29H30N8O2S/c1-20(2)27-18-36(28-14-13-24(34-35-28)21-9-11-22(12-10-21)40(3,38)39)16-17-37(27)29(32-19-30)33-26-8-4-7-25-23(26)6-5-15-31-25/h4-15,20,27H,16-18H2,1-3H3,(H,32,33)/t27-/m0/s1. The van der Waals surface area contributed by atoms with Gasteiger partial charge in [0.05, 0.1) is 27.8 Å². The number of guanidine groups is 1. The molecule has 0 saturated carbocycles. The molecule has 204 valence electrons. The second kappa shape index (κ2) is 11.3. The van der Waals surface area contributed by atoms with Crippen molar-refractivity contribution in [3.05, 3.63) is 72.9 Å². The molecule has 1 N–H and O–H groups in total. The number of nitrogens with zero attached hydrogens (tertiary/aromatic N) is 7. The molecule has 2 aromatic carbocycles. The Kier molecular flexibility index (Phi) is 7.62. The molecule has 4 aromatic rings. The lowest BCUT2D eigenvalue weighted by Gasteiger charge is -2.44. The number of hydrogen-bond acceptors (Lipinski definition) is 8. The zero-order chi connectivity index (χ0) is 28.3. The molecule has 0 radical (unpaired) electrons. The highest BCUT2D eigenvalue weighted by molar-refractivity contribution is 7.90. The number of aromatic nitrogens is 3. The van der Waals surface area contributed by atoms with Crippen molar-refractivity contribution in [3.63, 3.8) is 0 Å². The normalized spacial score (nSPS) is 16.3. The number of aliphatic imine (C=N–C) groups is 1. The fourth-order valence-electron chi connectivity index (χ4n) is 4.92. The largest absolute Gasteiger partial charge is 0.351 e. The molecule has 1 fully saturated rings. The molecule has 5 rings (SSSR count). The number of nitrogens with one attached hydrogen (secondary N) is 1. The van der Waals surface area contributed by atoms with Crippen molar-refractivity contribution in [3.8, 4) is 17.5 Å². The fraction of sp³-hybridized carbons (Fsp3) is 0.276. The van der Waals surface area contributed by atoms with Gasteiger partial charge in [0.25, 0.3) is 0 Å². The molecule has 11 heteroatoms. The number of rotatable bonds is 5. The molecule has 3 heterocycles. The van der Waals surface area contributed by atoms with E-state index in [0.717, 1.165) is 28.0 Å². The summed E-state index contributed by atoms with van der Waals surface area (Å²) in [7, 11) is -3.26. The van der Waals surface area contributed by atoms with Crippen LogP contribution in [0.3, 0.4) is 0 Å². The molecule has 1 aliphatic rings. The third-order valence-electron chi connectivity index (χ3n) is 7.06. The van der Waals surface area contributed by atoms with E-state index >= 15 is 0 Å². The zero-order valence-corrected chi connectivity index (χ0v) is 23.4. The minimum absolute atomic E-state index is 0.0615. The Bertz CT molecular complexity index is 1670. The Morgan fingerprint density at radius 2 is 1.85 bits per heavy atom. The number of piperazine rings is 1. The van der Waals surface area contributed by atoms with E-state index in [1.807, 2.05) is 48.7 Å². The van der Waals surface area contributed by atoms with Crippen molar-refractivity contribution in [2.45, 2.75) is 24.8 Å². The van der Waals surface area contributed by atoms with Crippen LogP contribution in [0.1, 0.15) is 13.8 Å². The van der Waals surface area contributed by atoms with Gasteiger partial charge in [-0.15, -0.1) is 15.2 Å². The molecular formula is C29H30N8O2S. The van der Waals surface area contributed by atoms with Crippen LogP contribution in [0, 0.1) is 17.4 Å². The van der Waals surface area contributed by atoms with E-state index in [9.17, 15) is 13.7 Å². The summed E-state index contributed by atoms with van der Waals surface area (Å²) >= 11 is 0. The van der Waals surface area contributed by atoms with Crippen LogP contribution in [0.5, 0.6) is 0 Å². The first kappa shape index (κ1) is 27.0. The second-order valence-electron chi connectivity index (χ2n) is 10.1. The number of fused-ring (bicyclic) bond motifs is 1. The molecule has 0 bridgehead atoms. The van der Waals surface area contributed by atoms with E-state index in [1.165, 1.54) is 6.26 Å². The molecule has 0 aliphatic carbocycles. The number of pyridine rings is 1. The predicted molar refractivity (Wildman–Crippen MR) is 157 cm³/mol. The highest BCUT2D eigenvalue weighted by Gasteiger charge is 2.32. The van der Waals surface area contributed by atoms with Crippen LogP contribution in [-0.2, 0) is 9.84 Å². The second-order valence-corrected chi connectivity index (χ2v) is 12.1. The average Bonchev–Trinajstić information content (AvgIpc) is 2.96. The van der Waals surface area contributed by atoms with Crippen LogP contribution >= 0.6 is 0 Å². The zero-order valence-electron chi connectivity index (χ0n) is 22.6. The lowest BCUT2D eigenvalue weighted by atomic mass is 9.99. The first-order valence-electron chi connectivity index (χ1n) is 13.0. The Balaban J connectivity index is 1.34. The van der Waals surface area contributed by atoms with Crippen molar-refractivity contribution in [2.75, 3.05) is 36.1 Å². The smallest absolute Gasteiger partial charge is 0.214 e. The molecular weight excluding hydrogens is 524 g/mol. The Labute approximate surface area is 233 Å². The average molecular weight is 555 g/mol. The summed E-state index contributed by atoms with van der Waals surface area (Å²) < 4.78 is 23.5. The van der Waals surface area contributed by atoms with Gasteiger partial charge < -0.3 is 15.1 Å². The maximum absolute atomic E-state index is 11.8. The maximum atomic E-state index is 11.8. The summed E-state index contributed by atoms with van der Waals surface area (Å²) in [4.78, 5) is 13.2. The molecule has 2 aromatic heterocycles. The first-order chi connectivity index (χ1) is 19.2. The van der Waals surface area contributed by atoms with Gasteiger partial charge in [0.1, 0.15) is 0 Å². The minimum Gasteiger partial charge on any atom is -0.351 e. The SMILES string of the molecule is CC(C)[C@@H]1CN(c2ccc(-c3ccc(S(C)(=O)=O)cc3)nn2)CCN1/C(=N\C#N)Nc1cccc2ncccc12. The summed E-state index contributed by atoms with van der Waals surface area (Å²) in [5.41, 5.74) is 3.17. The van der Waals surface area contributed by atoms with Crippen LogP contribution in [-0.4, -0.2) is 66.4 Å². The maximum Gasteiger partial charge on any atom is 0.214 e. The van der Waals surface area contributed by atoms with Crippen LogP contribution in [0.15, 0.2) is 82.8 Å². The topological polar surface area (TPSA) is 127 Å². The quantitative estimate of drug-likeness (QED) is 0.219. The van der Waals surface area contributed by atoms with Gasteiger partial charge >= 0.3 is 0 Å². The van der Waals surface area contributed by atoms with E-state index in [2.05, 4.69) is 49.1 Å². The summed E-state index contributed by atoms with van der Waals surface area (Å²) in [5, 5.41) is 22.8. The van der Waals surface area contributed by atoms with Crippen LogP contribution in [0.2, 0.25) is 0 Å². The van der Waals surface area contributed by atoms with Gasteiger partial charge in [-0.2, -0.15) is 5.26 Å². The summed E-state index contributed by atoms with van der Waals surface area (Å²) in [6.07, 6.45) is 4.91. The molecule has 0 amide bonds. The molecule has 0 spiro atoms. The van der Waals surface area contributed by atoms with Gasteiger partial charge in [-0.1, -0.05) is 32.0 Å².